The third kappa shape index (κ3) is 5.30. The topological polar surface area (TPSA) is 29.3 Å². The number of fused-ring (bicyclic) bond motifs is 8. The van der Waals surface area contributed by atoms with E-state index < -0.39 is 0 Å². The van der Waals surface area contributed by atoms with Crippen LogP contribution in [0.1, 0.15) is 0 Å². The highest BCUT2D eigenvalue weighted by molar-refractivity contribution is 7.25. The minimum atomic E-state index is 0.626. The molecule has 0 unspecified atom stereocenters. The van der Waals surface area contributed by atoms with Crippen molar-refractivity contribution in [1.29, 1.82) is 0 Å². The first-order valence-corrected chi connectivity index (χ1v) is 19.4. The lowest BCUT2D eigenvalue weighted by molar-refractivity contribution is 0.623. The maximum atomic E-state index is 6.54. The fourth-order valence-electron chi connectivity index (χ4n) is 8.12. The van der Waals surface area contributed by atoms with Crippen molar-refractivity contribution >= 4 is 81.2 Å². The number of benzene rings is 9. The predicted molar refractivity (Wildman–Crippen MR) is 233 cm³/mol. The summed E-state index contributed by atoms with van der Waals surface area (Å²) in [5.41, 5.74) is 10.5. The van der Waals surface area contributed by atoms with Gasteiger partial charge in [0.1, 0.15) is 5.52 Å². The van der Waals surface area contributed by atoms with Gasteiger partial charge >= 0.3 is 0 Å². The fraction of sp³-hybridized carbons (Fsp3) is 0. The Bertz CT molecular complexity index is 3200. The van der Waals surface area contributed by atoms with Gasteiger partial charge in [0.05, 0.1) is 5.69 Å². The summed E-state index contributed by atoms with van der Waals surface area (Å²) in [5.74, 6) is 0.626. The van der Waals surface area contributed by atoms with Crippen molar-refractivity contribution in [2.75, 3.05) is 4.90 Å². The zero-order valence-corrected chi connectivity index (χ0v) is 30.5. The number of aromatic nitrogens is 1. The lowest BCUT2D eigenvalue weighted by Crippen LogP contribution is -2.11. The van der Waals surface area contributed by atoms with Crippen molar-refractivity contribution in [2.24, 2.45) is 0 Å². The van der Waals surface area contributed by atoms with Crippen LogP contribution in [0, 0.1) is 0 Å². The standard InChI is InChI=1S/C51H32N2OS/c1-3-13-33(14-4-1)39-18-9-11-21-46(39)53(38-28-30-42-41-20-10-12-22-47(41)55-48(42)31-38)37-26-23-35(24-27-37)44-32-45-50(54-51(52-45)36-16-5-2-6-17-36)43-29-25-34-15-7-8-19-40(34)49(43)44/h1-32H. The van der Waals surface area contributed by atoms with Gasteiger partial charge in [-0.2, -0.15) is 0 Å². The van der Waals surface area contributed by atoms with Crippen LogP contribution in [0.3, 0.4) is 0 Å². The fourth-order valence-corrected chi connectivity index (χ4v) is 9.25. The molecule has 4 heteroatoms. The molecule has 258 valence electrons. The van der Waals surface area contributed by atoms with E-state index in [1.807, 2.05) is 41.7 Å². The van der Waals surface area contributed by atoms with E-state index in [9.17, 15) is 0 Å². The third-order valence-electron chi connectivity index (χ3n) is 10.7. The summed E-state index contributed by atoms with van der Waals surface area (Å²) in [4.78, 5) is 7.43. The molecule has 0 spiro atoms. The minimum absolute atomic E-state index is 0.626. The Kier molecular flexibility index (Phi) is 7.35. The van der Waals surface area contributed by atoms with Crippen LogP contribution < -0.4 is 4.90 Å². The Morgan fingerprint density at radius 2 is 1.07 bits per heavy atom. The Labute approximate surface area is 322 Å². The number of oxazole rings is 1. The molecule has 2 aromatic heterocycles. The summed E-state index contributed by atoms with van der Waals surface area (Å²) in [6.45, 7) is 0. The molecule has 3 nitrogen and oxygen atoms in total. The molecule has 11 aromatic rings. The first-order valence-electron chi connectivity index (χ1n) is 18.5. The molecule has 55 heavy (non-hydrogen) atoms. The molecule has 0 aliphatic carbocycles. The first kappa shape index (κ1) is 31.5. The number of hydrogen-bond acceptors (Lipinski definition) is 4. The summed E-state index contributed by atoms with van der Waals surface area (Å²) < 4.78 is 9.11. The number of thiophene rings is 1. The number of para-hydroxylation sites is 1. The van der Waals surface area contributed by atoms with Gasteiger partial charge in [0.2, 0.25) is 5.89 Å². The number of hydrogen-bond donors (Lipinski definition) is 0. The lowest BCUT2D eigenvalue weighted by Gasteiger charge is -2.28. The minimum Gasteiger partial charge on any atom is -0.435 e. The second-order valence-corrected chi connectivity index (χ2v) is 15.0. The smallest absolute Gasteiger partial charge is 0.227 e. The molecule has 0 saturated heterocycles. The highest BCUT2D eigenvalue weighted by atomic mass is 32.1. The van der Waals surface area contributed by atoms with Crippen molar-refractivity contribution in [3.05, 3.63) is 194 Å². The highest BCUT2D eigenvalue weighted by Crippen LogP contribution is 2.45. The number of rotatable bonds is 6. The zero-order chi connectivity index (χ0) is 36.3. The zero-order valence-electron chi connectivity index (χ0n) is 29.7. The molecule has 0 aliphatic heterocycles. The molecule has 0 bridgehead atoms. The van der Waals surface area contributed by atoms with Gasteiger partial charge in [-0.05, 0) is 88.1 Å². The summed E-state index contributed by atoms with van der Waals surface area (Å²) in [5, 5.41) is 7.18. The van der Waals surface area contributed by atoms with Gasteiger partial charge in [-0.15, -0.1) is 11.3 Å². The summed E-state index contributed by atoms with van der Waals surface area (Å²) in [6, 6.07) is 69.3. The van der Waals surface area contributed by atoms with Crippen LogP contribution in [-0.2, 0) is 0 Å². The molecule has 2 heterocycles. The molecule has 0 fully saturated rings. The monoisotopic (exact) mass is 720 g/mol. The van der Waals surface area contributed by atoms with Gasteiger partial charge in [0.25, 0.3) is 0 Å². The van der Waals surface area contributed by atoms with Crippen molar-refractivity contribution in [3.63, 3.8) is 0 Å². The van der Waals surface area contributed by atoms with Crippen LogP contribution in [0.15, 0.2) is 199 Å². The van der Waals surface area contributed by atoms with E-state index in [0.717, 1.165) is 55.6 Å². The highest BCUT2D eigenvalue weighted by Gasteiger charge is 2.21. The normalized spacial score (nSPS) is 11.6. The Hall–Kier alpha value is -7.01. The van der Waals surface area contributed by atoms with Gasteiger partial charge in [-0.25, -0.2) is 4.98 Å². The van der Waals surface area contributed by atoms with Gasteiger partial charge in [-0.3, -0.25) is 0 Å². The maximum absolute atomic E-state index is 6.54. The summed E-state index contributed by atoms with van der Waals surface area (Å²) >= 11 is 1.85. The Morgan fingerprint density at radius 1 is 0.436 bits per heavy atom. The van der Waals surface area contributed by atoms with E-state index >= 15 is 0 Å². The summed E-state index contributed by atoms with van der Waals surface area (Å²) in [7, 11) is 0. The Morgan fingerprint density at radius 3 is 1.91 bits per heavy atom. The molecule has 0 amide bonds. The van der Waals surface area contributed by atoms with Gasteiger partial charge in [0, 0.05) is 53.4 Å². The van der Waals surface area contributed by atoms with E-state index in [4.69, 9.17) is 9.40 Å². The van der Waals surface area contributed by atoms with Crippen LogP contribution in [0.5, 0.6) is 0 Å². The van der Waals surface area contributed by atoms with Gasteiger partial charge in [0.15, 0.2) is 5.58 Å². The van der Waals surface area contributed by atoms with Crippen LogP contribution in [0.25, 0.3) is 86.5 Å². The van der Waals surface area contributed by atoms with Crippen molar-refractivity contribution in [2.45, 2.75) is 0 Å². The number of anilines is 3. The Balaban J connectivity index is 1.11. The van der Waals surface area contributed by atoms with E-state index in [-0.39, 0.29) is 0 Å². The molecule has 0 radical (unpaired) electrons. The molecule has 11 rings (SSSR count). The second-order valence-electron chi connectivity index (χ2n) is 13.9. The maximum Gasteiger partial charge on any atom is 0.227 e. The molecule has 0 aliphatic rings. The quantitative estimate of drug-likeness (QED) is 0.160. The molecule has 9 aromatic carbocycles. The van der Waals surface area contributed by atoms with E-state index in [1.54, 1.807) is 0 Å². The number of nitrogens with zero attached hydrogens (tertiary/aromatic N) is 2. The first-order chi connectivity index (χ1) is 27.3. The third-order valence-corrected chi connectivity index (χ3v) is 11.8. The largest absolute Gasteiger partial charge is 0.435 e. The van der Waals surface area contributed by atoms with Crippen molar-refractivity contribution < 1.29 is 4.42 Å². The molecular weight excluding hydrogens is 689 g/mol. The van der Waals surface area contributed by atoms with Crippen molar-refractivity contribution in [3.8, 4) is 33.7 Å². The van der Waals surface area contributed by atoms with Crippen LogP contribution in [-0.4, -0.2) is 4.98 Å². The van der Waals surface area contributed by atoms with Gasteiger partial charge in [-0.1, -0.05) is 133 Å². The summed E-state index contributed by atoms with van der Waals surface area (Å²) in [6.07, 6.45) is 0. The van der Waals surface area contributed by atoms with Crippen LogP contribution in [0.4, 0.5) is 17.1 Å². The van der Waals surface area contributed by atoms with E-state index in [2.05, 4.69) is 169 Å². The average Bonchev–Trinajstić information content (AvgIpc) is 3.86. The van der Waals surface area contributed by atoms with Crippen molar-refractivity contribution in [1.82, 2.24) is 4.98 Å². The van der Waals surface area contributed by atoms with E-state index in [1.165, 1.54) is 42.1 Å². The molecule has 0 atom stereocenters. The van der Waals surface area contributed by atoms with Gasteiger partial charge < -0.3 is 9.32 Å². The predicted octanol–water partition coefficient (Wildman–Crippen LogP) is 15.0. The molecule has 0 N–H and O–H groups in total. The lowest BCUT2D eigenvalue weighted by atomic mass is 9.93. The van der Waals surface area contributed by atoms with E-state index in [0.29, 0.717) is 5.89 Å². The second kappa shape index (κ2) is 12.8. The molecular formula is C51H32N2OS. The SMILES string of the molecule is c1ccc(-c2nc3cc(-c4ccc(N(c5ccc6c(c5)sc5ccccc56)c5ccccc5-c5ccccc5)cc4)c4c5ccccc5ccc4c3o2)cc1. The average molecular weight is 721 g/mol. The van der Waals surface area contributed by atoms with Crippen LogP contribution >= 0.6 is 11.3 Å². The van der Waals surface area contributed by atoms with Crippen LogP contribution in [0.2, 0.25) is 0 Å². The molecule has 0 saturated carbocycles.